The van der Waals surface area contributed by atoms with Crippen LogP contribution in [0.1, 0.15) is 30.5 Å². The molecule has 0 aromatic carbocycles. The fraction of sp³-hybridized carbons (Fsp3) is 0.438. The molecule has 3 heterocycles. The van der Waals surface area contributed by atoms with Gasteiger partial charge in [0.25, 0.3) is 0 Å². The molecule has 0 N–H and O–H groups in total. The fourth-order valence-corrected chi connectivity index (χ4v) is 2.87. The summed E-state index contributed by atoms with van der Waals surface area (Å²) in [5, 5.41) is 0.479. The molecule has 0 amide bonds. The summed E-state index contributed by atoms with van der Waals surface area (Å²) in [6.07, 6.45) is -0.323. The number of aromatic nitrogens is 3. The minimum absolute atomic E-state index is 0.284. The minimum atomic E-state index is -4.42. The number of nitrogens with zero attached hydrogens (tertiary/aromatic N) is 4. The number of pyridine rings is 1. The first-order chi connectivity index (χ1) is 11.4. The molecule has 2 aromatic heterocycles. The van der Waals surface area contributed by atoms with Gasteiger partial charge in [-0.05, 0) is 38.3 Å². The van der Waals surface area contributed by atoms with E-state index in [-0.39, 0.29) is 5.82 Å². The van der Waals surface area contributed by atoms with Crippen LogP contribution in [-0.2, 0) is 6.18 Å². The zero-order valence-corrected chi connectivity index (χ0v) is 13.8. The van der Waals surface area contributed by atoms with Gasteiger partial charge in [-0.1, -0.05) is 11.6 Å². The monoisotopic (exact) mass is 356 g/mol. The second kappa shape index (κ2) is 6.55. The third-order valence-electron chi connectivity index (χ3n) is 3.97. The maximum Gasteiger partial charge on any atom is 0.417 e. The first-order valence-corrected chi connectivity index (χ1v) is 8.07. The molecule has 1 fully saturated rings. The summed E-state index contributed by atoms with van der Waals surface area (Å²) in [5.41, 5.74) is 0.0816. The lowest BCUT2D eigenvalue weighted by atomic mass is 10.1. The van der Waals surface area contributed by atoms with Gasteiger partial charge in [0.2, 0.25) is 0 Å². The molecule has 1 saturated heterocycles. The fourth-order valence-electron chi connectivity index (χ4n) is 2.67. The highest BCUT2D eigenvalue weighted by Gasteiger charge is 2.31. The van der Waals surface area contributed by atoms with Gasteiger partial charge in [0.1, 0.15) is 10.7 Å². The second-order valence-electron chi connectivity index (χ2n) is 5.75. The van der Waals surface area contributed by atoms with Crippen molar-refractivity contribution in [3.8, 4) is 11.5 Å². The van der Waals surface area contributed by atoms with Crippen molar-refractivity contribution in [2.45, 2.75) is 32.4 Å². The lowest BCUT2D eigenvalue weighted by molar-refractivity contribution is -0.137. The molecule has 1 aliphatic heterocycles. The largest absolute Gasteiger partial charge is 0.417 e. The Balaban J connectivity index is 1.97. The van der Waals surface area contributed by atoms with Crippen molar-refractivity contribution < 1.29 is 13.2 Å². The highest BCUT2D eigenvalue weighted by molar-refractivity contribution is 6.33. The van der Waals surface area contributed by atoms with E-state index in [1.807, 2.05) is 0 Å². The Morgan fingerprint density at radius 1 is 1.08 bits per heavy atom. The normalized spacial score (nSPS) is 15.6. The number of anilines is 1. The Morgan fingerprint density at radius 3 is 2.38 bits per heavy atom. The Bertz CT molecular complexity index is 725. The van der Waals surface area contributed by atoms with Crippen LogP contribution in [-0.4, -0.2) is 28.0 Å². The van der Waals surface area contributed by atoms with E-state index in [1.165, 1.54) is 12.5 Å². The van der Waals surface area contributed by atoms with Gasteiger partial charge in [0, 0.05) is 19.3 Å². The molecule has 8 heteroatoms. The Labute approximate surface area is 142 Å². The van der Waals surface area contributed by atoms with E-state index in [0.717, 1.165) is 38.2 Å². The molecule has 24 heavy (non-hydrogen) atoms. The van der Waals surface area contributed by atoms with Gasteiger partial charge in [0.15, 0.2) is 11.6 Å². The molecule has 0 radical (unpaired) electrons. The highest BCUT2D eigenvalue weighted by atomic mass is 35.5. The standard InChI is InChI=1S/C16H16ClF3N4/c1-10-13(17)15(24-7-3-2-4-8-24)23-14(22-10)12-6-5-11(9-21-12)16(18,19)20/h5-6,9H,2-4,7-8H2,1H3. The Kier molecular flexibility index (Phi) is 4.62. The number of hydrogen-bond donors (Lipinski definition) is 0. The van der Waals surface area contributed by atoms with Gasteiger partial charge in [-0.25, -0.2) is 9.97 Å². The van der Waals surface area contributed by atoms with E-state index in [4.69, 9.17) is 11.6 Å². The molecule has 2 aromatic rings. The molecule has 0 unspecified atom stereocenters. The van der Waals surface area contributed by atoms with Crippen LogP contribution in [0.3, 0.4) is 0 Å². The highest BCUT2D eigenvalue weighted by Crippen LogP contribution is 2.32. The number of aryl methyl sites for hydroxylation is 1. The van der Waals surface area contributed by atoms with Crippen LogP contribution >= 0.6 is 11.6 Å². The predicted molar refractivity (Wildman–Crippen MR) is 86.1 cm³/mol. The summed E-state index contributed by atoms with van der Waals surface area (Å²) in [4.78, 5) is 14.7. The zero-order chi connectivity index (χ0) is 17.3. The van der Waals surface area contributed by atoms with Crippen molar-refractivity contribution in [3.05, 3.63) is 34.6 Å². The van der Waals surface area contributed by atoms with E-state index in [0.29, 0.717) is 22.2 Å². The topological polar surface area (TPSA) is 41.9 Å². The smallest absolute Gasteiger partial charge is 0.355 e. The maximum atomic E-state index is 12.7. The van der Waals surface area contributed by atoms with E-state index >= 15 is 0 Å². The van der Waals surface area contributed by atoms with Gasteiger partial charge in [-0.15, -0.1) is 0 Å². The quantitative estimate of drug-likeness (QED) is 0.794. The van der Waals surface area contributed by atoms with E-state index < -0.39 is 11.7 Å². The van der Waals surface area contributed by atoms with Gasteiger partial charge < -0.3 is 4.90 Å². The summed E-state index contributed by atoms with van der Waals surface area (Å²) >= 11 is 6.34. The van der Waals surface area contributed by atoms with E-state index in [2.05, 4.69) is 19.9 Å². The summed E-state index contributed by atoms with van der Waals surface area (Å²) < 4.78 is 38.0. The first kappa shape index (κ1) is 17.0. The number of alkyl halides is 3. The third kappa shape index (κ3) is 3.45. The maximum absolute atomic E-state index is 12.7. The number of hydrogen-bond acceptors (Lipinski definition) is 4. The molecular formula is C16H16ClF3N4. The lowest BCUT2D eigenvalue weighted by Gasteiger charge is -2.28. The van der Waals surface area contributed by atoms with Crippen molar-refractivity contribution >= 4 is 17.4 Å². The average molecular weight is 357 g/mol. The van der Waals surface area contributed by atoms with Crippen LogP contribution < -0.4 is 4.90 Å². The van der Waals surface area contributed by atoms with Crippen molar-refractivity contribution in [1.82, 2.24) is 15.0 Å². The molecule has 4 nitrogen and oxygen atoms in total. The van der Waals surface area contributed by atoms with Gasteiger partial charge >= 0.3 is 6.18 Å². The van der Waals surface area contributed by atoms with Crippen LogP contribution in [0.4, 0.5) is 19.0 Å². The molecule has 3 rings (SSSR count). The molecule has 1 aliphatic rings. The van der Waals surface area contributed by atoms with Gasteiger partial charge in [0.05, 0.1) is 11.3 Å². The third-order valence-corrected chi connectivity index (χ3v) is 4.42. The Hall–Kier alpha value is -1.89. The van der Waals surface area contributed by atoms with E-state index in [1.54, 1.807) is 6.92 Å². The van der Waals surface area contributed by atoms with Gasteiger partial charge in [-0.3, -0.25) is 4.98 Å². The zero-order valence-electron chi connectivity index (χ0n) is 13.1. The molecular weight excluding hydrogens is 341 g/mol. The number of piperidine rings is 1. The molecule has 0 saturated carbocycles. The van der Waals surface area contributed by atoms with Crippen molar-refractivity contribution in [3.63, 3.8) is 0 Å². The van der Waals surface area contributed by atoms with Crippen LogP contribution in [0.25, 0.3) is 11.5 Å². The summed E-state index contributed by atoms with van der Waals surface area (Å²) in [6, 6.07) is 2.27. The predicted octanol–water partition coefficient (Wildman–Crippen LogP) is 4.51. The molecule has 0 spiro atoms. The molecule has 0 atom stereocenters. The average Bonchev–Trinajstić information content (AvgIpc) is 2.57. The molecule has 0 aliphatic carbocycles. The lowest BCUT2D eigenvalue weighted by Crippen LogP contribution is -2.30. The summed E-state index contributed by atoms with van der Waals surface area (Å²) in [6.45, 7) is 3.47. The number of halogens is 4. The second-order valence-corrected chi connectivity index (χ2v) is 6.13. The van der Waals surface area contributed by atoms with Crippen LogP contribution in [0, 0.1) is 6.92 Å². The Morgan fingerprint density at radius 2 is 1.79 bits per heavy atom. The SMILES string of the molecule is Cc1nc(-c2ccc(C(F)(F)F)cn2)nc(N2CCCCC2)c1Cl. The van der Waals surface area contributed by atoms with Gasteiger partial charge in [-0.2, -0.15) is 13.2 Å². The van der Waals surface area contributed by atoms with E-state index in [9.17, 15) is 13.2 Å². The molecule has 128 valence electrons. The molecule has 0 bridgehead atoms. The van der Waals surface area contributed by atoms with Crippen LogP contribution in [0.2, 0.25) is 5.02 Å². The first-order valence-electron chi connectivity index (χ1n) is 7.69. The van der Waals surface area contributed by atoms with Crippen LogP contribution in [0.15, 0.2) is 18.3 Å². The van der Waals surface area contributed by atoms with Crippen molar-refractivity contribution in [2.75, 3.05) is 18.0 Å². The summed E-state index contributed by atoms with van der Waals surface area (Å²) in [7, 11) is 0. The number of rotatable bonds is 2. The van der Waals surface area contributed by atoms with Crippen molar-refractivity contribution in [1.29, 1.82) is 0 Å². The minimum Gasteiger partial charge on any atom is -0.355 e. The summed E-state index contributed by atoms with van der Waals surface area (Å²) in [5.74, 6) is 0.909. The van der Waals surface area contributed by atoms with Crippen LogP contribution in [0.5, 0.6) is 0 Å². The van der Waals surface area contributed by atoms with Crippen molar-refractivity contribution in [2.24, 2.45) is 0 Å².